The Balaban J connectivity index is 0.00000560. The van der Waals surface area contributed by atoms with E-state index in [-0.39, 0.29) is 42.7 Å². The predicted octanol–water partition coefficient (Wildman–Crippen LogP) is 15.0. The summed E-state index contributed by atoms with van der Waals surface area (Å²) in [5.41, 5.74) is 13.9. The standard InChI is InChI=1S/C58H63N3O2.Pt/c1-34-25-41(61-49-22-19-39(55(9,10)11)32-46(49)50-35(2)23-24-59-51(50)61)33-42(26-34)62-43-28-36(27-40(29-43)56(12,13)14)52-60-57(15)47-20-17-37(53(3,4)5)30-44(47)45-31-38(54(6,7)8)18-21-48(45)58(57,16)63-52;/h17-27,29-32H,1-16H3;/q-2;+2/t57-,58+;/m1./s1. The molecule has 7 aromatic rings. The van der Waals surface area contributed by atoms with Crippen LogP contribution in [0.25, 0.3) is 38.8 Å². The molecule has 0 spiro atoms. The molecule has 2 aliphatic rings. The van der Waals surface area contributed by atoms with Crippen LogP contribution in [0.4, 0.5) is 0 Å². The van der Waals surface area contributed by atoms with Gasteiger partial charge < -0.3 is 14.0 Å². The summed E-state index contributed by atoms with van der Waals surface area (Å²) in [6, 6.07) is 38.6. The number of aromatic nitrogens is 2. The zero-order valence-corrected chi connectivity index (χ0v) is 42.9. The van der Waals surface area contributed by atoms with Crippen LogP contribution in [0, 0.1) is 26.0 Å². The molecule has 0 radical (unpaired) electrons. The Hall–Kier alpha value is -4.99. The van der Waals surface area contributed by atoms with E-state index in [1.165, 1.54) is 44.3 Å². The number of aryl methyl sites for hydroxylation is 2. The number of rotatable bonds is 4. The van der Waals surface area contributed by atoms with Gasteiger partial charge in [0, 0.05) is 34.0 Å². The first-order valence-corrected chi connectivity index (χ1v) is 22.6. The average molecular weight is 1030 g/mol. The van der Waals surface area contributed by atoms with Gasteiger partial charge in [-0.1, -0.05) is 156 Å². The third kappa shape index (κ3) is 7.44. The van der Waals surface area contributed by atoms with Crippen molar-refractivity contribution in [1.82, 2.24) is 9.55 Å². The molecule has 0 saturated carbocycles. The second-order valence-corrected chi connectivity index (χ2v) is 22.7. The molecule has 2 atom stereocenters. The molecule has 0 N–H and O–H groups in total. The summed E-state index contributed by atoms with van der Waals surface area (Å²) in [6.45, 7) is 35.8. The fraction of sp³-hybridized carbons (Fsp3) is 0.379. The van der Waals surface area contributed by atoms with Gasteiger partial charge in [0.15, 0.2) is 0 Å². The van der Waals surface area contributed by atoms with Gasteiger partial charge >= 0.3 is 21.1 Å². The van der Waals surface area contributed by atoms with E-state index in [1.807, 2.05) is 12.3 Å². The molecule has 6 heteroatoms. The van der Waals surface area contributed by atoms with Gasteiger partial charge in [-0.2, -0.15) is 5.56 Å². The number of fused-ring (bicyclic) bond motifs is 9. The molecule has 3 heterocycles. The summed E-state index contributed by atoms with van der Waals surface area (Å²) < 4.78 is 16.4. The number of nitrogens with zero attached hydrogens (tertiary/aromatic N) is 3. The van der Waals surface area contributed by atoms with Crippen molar-refractivity contribution in [2.24, 2.45) is 4.99 Å². The van der Waals surface area contributed by atoms with Crippen molar-refractivity contribution in [3.63, 3.8) is 0 Å². The third-order valence-corrected chi connectivity index (χ3v) is 13.8. The molecule has 332 valence electrons. The monoisotopic (exact) mass is 1030 g/mol. The molecule has 0 bridgehead atoms. The Morgan fingerprint density at radius 3 is 1.80 bits per heavy atom. The number of hydrogen-bond acceptors (Lipinski definition) is 4. The van der Waals surface area contributed by atoms with Crippen LogP contribution >= 0.6 is 0 Å². The zero-order chi connectivity index (χ0) is 45.4. The third-order valence-electron chi connectivity index (χ3n) is 13.8. The molecule has 5 nitrogen and oxygen atoms in total. The first kappa shape index (κ1) is 45.6. The van der Waals surface area contributed by atoms with Crippen molar-refractivity contribution in [1.29, 1.82) is 0 Å². The van der Waals surface area contributed by atoms with E-state index >= 15 is 0 Å². The molecule has 0 amide bonds. The fourth-order valence-corrected chi connectivity index (χ4v) is 9.59. The summed E-state index contributed by atoms with van der Waals surface area (Å²) in [5, 5.41) is 2.34. The summed E-state index contributed by atoms with van der Waals surface area (Å²) in [6.07, 6.45) is 1.90. The largest absolute Gasteiger partial charge is 2.00 e. The Labute approximate surface area is 396 Å². The van der Waals surface area contributed by atoms with Gasteiger partial charge in [0.25, 0.3) is 0 Å². The summed E-state index contributed by atoms with van der Waals surface area (Å²) >= 11 is 0. The SMILES string of the molecule is Cc1cc(Oc2[c-]c(C3=N[C@]4(C)c5ccc(C(C)(C)C)cc5-c5cc(C(C)(C)C)ccc5[C@]4(C)O3)cc(C(C)(C)C)c2)[c-]c(-n2c3ccc(C(C)(C)C)cc3c3c(C)ccnc32)c1.[Pt+2]. The Bertz CT molecular complexity index is 3050. The number of benzene rings is 5. The first-order chi connectivity index (χ1) is 29.3. The second kappa shape index (κ2) is 15.0. The fourth-order valence-electron chi connectivity index (χ4n) is 9.59. The minimum Gasteiger partial charge on any atom is -0.507 e. The molecule has 1 aliphatic carbocycles. The van der Waals surface area contributed by atoms with Crippen LogP contribution in [0.1, 0.15) is 147 Å². The molecule has 1 aliphatic heterocycles. The van der Waals surface area contributed by atoms with E-state index in [4.69, 9.17) is 19.5 Å². The Kier molecular flexibility index (Phi) is 10.7. The quantitative estimate of drug-likeness (QED) is 0.165. The van der Waals surface area contributed by atoms with Crippen LogP contribution in [0.2, 0.25) is 0 Å². The van der Waals surface area contributed by atoms with E-state index in [9.17, 15) is 0 Å². The number of pyridine rings is 1. The molecule has 9 rings (SSSR count). The zero-order valence-electron chi connectivity index (χ0n) is 40.6. The van der Waals surface area contributed by atoms with Gasteiger partial charge in [-0.05, 0) is 99.6 Å². The van der Waals surface area contributed by atoms with Crippen molar-refractivity contribution >= 4 is 27.8 Å². The summed E-state index contributed by atoms with van der Waals surface area (Å²) in [5.74, 6) is 1.74. The van der Waals surface area contributed by atoms with Gasteiger partial charge in [-0.15, -0.1) is 29.8 Å². The van der Waals surface area contributed by atoms with Gasteiger partial charge in [-0.3, -0.25) is 4.99 Å². The molecule has 2 aromatic heterocycles. The van der Waals surface area contributed by atoms with Crippen LogP contribution in [-0.2, 0) is 58.6 Å². The van der Waals surface area contributed by atoms with Crippen molar-refractivity contribution < 1.29 is 30.5 Å². The topological polar surface area (TPSA) is 48.6 Å². The van der Waals surface area contributed by atoms with Crippen LogP contribution in [0.3, 0.4) is 0 Å². The molecule has 64 heavy (non-hydrogen) atoms. The number of aliphatic imine (C=N–C) groups is 1. The van der Waals surface area contributed by atoms with Gasteiger partial charge in [0.1, 0.15) is 22.7 Å². The normalized spacial score (nSPS) is 18.5. The van der Waals surface area contributed by atoms with Crippen molar-refractivity contribution in [3.8, 4) is 28.3 Å². The maximum absolute atomic E-state index is 7.27. The minimum atomic E-state index is -0.779. The summed E-state index contributed by atoms with van der Waals surface area (Å²) in [7, 11) is 0. The average Bonchev–Trinajstić information content (AvgIpc) is 3.68. The summed E-state index contributed by atoms with van der Waals surface area (Å²) in [4.78, 5) is 10.6. The minimum absolute atomic E-state index is 0. The van der Waals surface area contributed by atoms with E-state index < -0.39 is 11.1 Å². The van der Waals surface area contributed by atoms with Crippen molar-refractivity contribution in [2.75, 3.05) is 0 Å². The van der Waals surface area contributed by atoms with E-state index in [2.05, 4.69) is 206 Å². The van der Waals surface area contributed by atoms with Crippen molar-refractivity contribution in [3.05, 3.63) is 153 Å². The predicted molar refractivity (Wildman–Crippen MR) is 261 cm³/mol. The van der Waals surface area contributed by atoms with E-state index in [1.54, 1.807) is 0 Å². The Morgan fingerprint density at radius 2 is 1.17 bits per heavy atom. The van der Waals surface area contributed by atoms with Crippen molar-refractivity contribution in [2.45, 2.75) is 144 Å². The maximum atomic E-state index is 7.27. The maximum Gasteiger partial charge on any atom is 2.00 e. The van der Waals surface area contributed by atoms with Crippen LogP contribution in [-0.4, -0.2) is 15.4 Å². The second-order valence-electron chi connectivity index (χ2n) is 22.7. The van der Waals surface area contributed by atoms with E-state index in [0.717, 1.165) is 44.5 Å². The first-order valence-electron chi connectivity index (χ1n) is 22.6. The van der Waals surface area contributed by atoms with Gasteiger partial charge in [0.2, 0.25) is 0 Å². The molecular weight excluding hydrogens is 966 g/mol. The Morgan fingerprint density at radius 1 is 0.609 bits per heavy atom. The van der Waals surface area contributed by atoms with E-state index in [0.29, 0.717) is 17.4 Å². The van der Waals surface area contributed by atoms with Crippen LogP contribution in [0.15, 0.2) is 96.1 Å². The molecular formula is C58H63N3O2Pt. The molecule has 5 aromatic carbocycles. The molecule has 0 fully saturated rings. The molecule has 0 unspecified atom stereocenters. The smallest absolute Gasteiger partial charge is 0.507 e. The number of ether oxygens (including phenoxy) is 2. The molecule has 0 saturated heterocycles. The van der Waals surface area contributed by atoms with Gasteiger partial charge in [-0.25, -0.2) is 4.98 Å². The van der Waals surface area contributed by atoms with Crippen LogP contribution in [0.5, 0.6) is 11.5 Å². The number of hydrogen-bond donors (Lipinski definition) is 0. The van der Waals surface area contributed by atoms with Crippen LogP contribution < -0.4 is 4.74 Å². The van der Waals surface area contributed by atoms with Gasteiger partial charge in [0.05, 0.1) is 5.52 Å².